The molecule has 0 aliphatic carbocycles. The first kappa shape index (κ1) is 27.1. The molecule has 2 atom stereocenters. The van der Waals surface area contributed by atoms with Gasteiger partial charge in [0.2, 0.25) is 0 Å². The van der Waals surface area contributed by atoms with Gasteiger partial charge in [-0.05, 0) is 42.2 Å². The minimum Gasteiger partial charge on any atom is -0.497 e. The Morgan fingerprint density at radius 2 is 1.74 bits per heavy atom. The number of hydrogen-bond donors (Lipinski definition) is 0. The van der Waals surface area contributed by atoms with Crippen LogP contribution in [0, 0.1) is 5.92 Å². The zero-order chi connectivity index (χ0) is 23.5. The second kappa shape index (κ2) is 12.8. The summed E-state index contributed by atoms with van der Waals surface area (Å²) in [7, 11) is 1.22. The van der Waals surface area contributed by atoms with Crippen LogP contribution in [-0.2, 0) is 25.3 Å². The van der Waals surface area contributed by atoms with Crippen LogP contribution in [0.1, 0.15) is 39.7 Å². The van der Waals surface area contributed by atoms with Gasteiger partial charge in [0.15, 0.2) is 8.32 Å². The normalized spacial score (nSPS) is 14.7. The van der Waals surface area contributed by atoms with Crippen molar-refractivity contribution in [2.24, 2.45) is 5.92 Å². The standard InChI is InChI=1S/C25H40O5Si/c1-20(11-9-10-12-24(26)28-6)23(17-18-30-31(7,8)25(2,3)4)29-19-21-13-15-22(27-5)16-14-21/h9-16,20,23H,17-19H2,1-8H3/b11-9+,12-10-/t20-,23+/m1/s1. The van der Waals surface area contributed by atoms with Crippen molar-refractivity contribution in [3.63, 3.8) is 0 Å². The molecule has 0 amide bonds. The molecule has 174 valence electrons. The Hall–Kier alpha value is -1.89. The van der Waals surface area contributed by atoms with Crippen LogP contribution in [0.15, 0.2) is 48.6 Å². The summed E-state index contributed by atoms with van der Waals surface area (Å²) >= 11 is 0. The van der Waals surface area contributed by atoms with Crippen molar-refractivity contribution in [3.8, 4) is 5.75 Å². The Morgan fingerprint density at radius 1 is 1.10 bits per heavy atom. The molecule has 31 heavy (non-hydrogen) atoms. The second-order valence-electron chi connectivity index (χ2n) is 9.22. The number of hydrogen-bond acceptors (Lipinski definition) is 5. The Balaban J connectivity index is 2.78. The predicted molar refractivity (Wildman–Crippen MR) is 129 cm³/mol. The molecule has 0 aliphatic heterocycles. The minimum atomic E-state index is -1.80. The summed E-state index contributed by atoms with van der Waals surface area (Å²) in [6.07, 6.45) is 7.79. The molecule has 0 aliphatic rings. The second-order valence-corrected chi connectivity index (χ2v) is 14.0. The lowest BCUT2D eigenvalue weighted by Gasteiger charge is -2.36. The van der Waals surface area contributed by atoms with Crippen molar-refractivity contribution >= 4 is 14.3 Å². The Bertz CT molecular complexity index is 716. The van der Waals surface area contributed by atoms with Crippen LogP contribution in [0.5, 0.6) is 5.75 Å². The third-order valence-corrected chi connectivity index (χ3v) is 10.4. The number of benzene rings is 1. The van der Waals surface area contributed by atoms with Gasteiger partial charge in [0.05, 0.1) is 26.9 Å². The highest BCUT2D eigenvalue weighted by Crippen LogP contribution is 2.36. The fourth-order valence-electron chi connectivity index (χ4n) is 2.64. The lowest BCUT2D eigenvalue weighted by Crippen LogP contribution is -2.41. The van der Waals surface area contributed by atoms with E-state index in [1.165, 1.54) is 13.2 Å². The van der Waals surface area contributed by atoms with Gasteiger partial charge in [0.25, 0.3) is 0 Å². The van der Waals surface area contributed by atoms with E-state index in [4.69, 9.17) is 13.9 Å². The van der Waals surface area contributed by atoms with Gasteiger partial charge in [0, 0.05) is 18.6 Å². The van der Waals surface area contributed by atoms with Crippen LogP contribution >= 0.6 is 0 Å². The van der Waals surface area contributed by atoms with Gasteiger partial charge < -0.3 is 18.6 Å². The molecule has 0 radical (unpaired) electrons. The van der Waals surface area contributed by atoms with E-state index in [0.717, 1.165) is 17.7 Å². The Morgan fingerprint density at radius 3 is 2.29 bits per heavy atom. The molecule has 6 heteroatoms. The van der Waals surface area contributed by atoms with Crippen molar-refractivity contribution in [2.75, 3.05) is 20.8 Å². The van der Waals surface area contributed by atoms with E-state index in [1.807, 2.05) is 36.4 Å². The molecule has 0 N–H and O–H groups in total. The van der Waals surface area contributed by atoms with Crippen molar-refractivity contribution in [3.05, 3.63) is 54.1 Å². The van der Waals surface area contributed by atoms with Gasteiger partial charge in [-0.1, -0.05) is 58.1 Å². The quantitative estimate of drug-likeness (QED) is 0.172. The van der Waals surface area contributed by atoms with Crippen LogP contribution in [0.3, 0.4) is 0 Å². The average Bonchev–Trinajstić information content (AvgIpc) is 2.72. The molecule has 0 bridgehead atoms. The highest BCUT2D eigenvalue weighted by Gasteiger charge is 2.37. The van der Waals surface area contributed by atoms with E-state index in [0.29, 0.717) is 13.2 Å². The summed E-state index contributed by atoms with van der Waals surface area (Å²) in [6.45, 7) is 14.6. The average molecular weight is 449 g/mol. The van der Waals surface area contributed by atoms with Gasteiger partial charge in [-0.3, -0.25) is 0 Å². The molecule has 0 spiro atoms. The summed E-state index contributed by atoms with van der Waals surface area (Å²) in [6, 6.07) is 7.91. The van der Waals surface area contributed by atoms with Gasteiger partial charge in [-0.2, -0.15) is 0 Å². The molecular weight excluding hydrogens is 408 g/mol. The molecule has 1 aromatic rings. The number of rotatable bonds is 12. The number of esters is 1. The lowest BCUT2D eigenvalue weighted by atomic mass is 10.0. The van der Waals surface area contributed by atoms with Crippen LogP contribution in [0.25, 0.3) is 0 Å². The highest BCUT2D eigenvalue weighted by atomic mass is 28.4. The highest BCUT2D eigenvalue weighted by molar-refractivity contribution is 6.74. The SMILES string of the molecule is COC(=O)/C=C\C=C\[C@@H](C)[C@H](CCO[Si](C)(C)C(C)(C)C)OCc1ccc(OC)cc1. The third kappa shape index (κ3) is 9.85. The largest absolute Gasteiger partial charge is 0.497 e. The van der Waals surface area contributed by atoms with Gasteiger partial charge in [0.1, 0.15) is 5.75 Å². The molecule has 0 heterocycles. The first-order valence-corrected chi connectivity index (χ1v) is 13.7. The monoisotopic (exact) mass is 448 g/mol. The fourth-order valence-corrected chi connectivity index (χ4v) is 3.70. The first-order chi connectivity index (χ1) is 14.5. The van der Waals surface area contributed by atoms with E-state index in [1.54, 1.807) is 13.2 Å². The van der Waals surface area contributed by atoms with E-state index in [-0.39, 0.29) is 23.0 Å². The smallest absolute Gasteiger partial charge is 0.330 e. The van der Waals surface area contributed by atoms with Crippen LogP contribution in [0.4, 0.5) is 0 Å². The van der Waals surface area contributed by atoms with Crippen LogP contribution < -0.4 is 4.74 Å². The number of carbonyl (C=O) groups is 1. The van der Waals surface area contributed by atoms with E-state index in [9.17, 15) is 4.79 Å². The summed E-state index contributed by atoms with van der Waals surface area (Å²) in [5.41, 5.74) is 1.10. The molecule has 0 unspecified atom stereocenters. The topological polar surface area (TPSA) is 54.0 Å². The zero-order valence-corrected chi connectivity index (χ0v) is 21.4. The Kier molecular flexibility index (Phi) is 11.2. The van der Waals surface area contributed by atoms with E-state index < -0.39 is 8.32 Å². The van der Waals surface area contributed by atoms with Crippen molar-refractivity contribution in [1.82, 2.24) is 0 Å². The van der Waals surface area contributed by atoms with Crippen molar-refractivity contribution < 1.29 is 23.4 Å². The lowest BCUT2D eigenvalue weighted by molar-refractivity contribution is -0.134. The summed E-state index contributed by atoms with van der Waals surface area (Å²) in [4.78, 5) is 11.2. The van der Waals surface area contributed by atoms with Crippen LogP contribution in [0.2, 0.25) is 18.1 Å². The number of carbonyl (C=O) groups excluding carboxylic acids is 1. The maximum Gasteiger partial charge on any atom is 0.330 e. The minimum absolute atomic E-state index is 0.00496. The van der Waals surface area contributed by atoms with Gasteiger partial charge >= 0.3 is 5.97 Å². The molecule has 1 aromatic carbocycles. The predicted octanol–water partition coefficient (Wildman–Crippen LogP) is 5.91. The zero-order valence-electron chi connectivity index (χ0n) is 20.4. The van der Waals surface area contributed by atoms with Crippen molar-refractivity contribution in [2.45, 2.75) is 65.0 Å². The summed E-state index contributed by atoms with van der Waals surface area (Å²) in [5.74, 6) is 0.618. The molecule has 0 fully saturated rings. The van der Waals surface area contributed by atoms with E-state index in [2.05, 4.69) is 45.5 Å². The molecule has 0 aromatic heterocycles. The maximum atomic E-state index is 11.2. The van der Waals surface area contributed by atoms with E-state index >= 15 is 0 Å². The van der Waals surface area contributed by atoms with Gasteiger partial charge in [-0.25, -0.2) is 4.79 Å². The van der Waals surface area contributed by atoms with Gasteiger partial charge in [-0.15, -0.1) is 0 Å². The summed E-state index contributed by atoms with van der Waals surface area (Å²) < 4.78 is 22.5. The molecule has 0 saturated heterocycles. The fraction of sp³-hybridized carbons (Fsp3) is 0.560. The maximum absolute atomic E-state index is 11.2. The molecular formula is C25H40O5Si. The number of methoxy groups -OCH3 is 2. The van der Waals surface area contributed by atoms with Crippen LogP contribution in [-0.4, -0.2) is 41.2 Å². The first-order valence-electron chi connectivity index (χ1n) is 10.8. The van der Waals surface area contributed by atoms with Crippen molar-refractivity contribution in [1.29, 1.82) is 0 Å². The third-order valence-electron chi connectivity index (χ3n) is 5.84. The number of allylic oxidation sites excluding steroid dienone is 2. The molecule has 1 rings (SSSR count). The summed E-state index contributed by atoms with van der Waals surface area (Å²) in [5, 5.41) is 0.177. The molecule has 5 nitrogen and oxygen atoms in total. The Labute approximate surface area is 189 Å². The number of ether oxygens (including phenoxy) is 3. The molecule has 0 saturated carbocycles.